The monoisotopic (exact) mass is 231 g/mol. The molecule has 0 atom stereocenters. The number of hydrazone groups is 1. The van der Waals surface area contributed by atoms with E-state index in [1.165, 1.54) is 19.1 Å². The van der Waals surface area contributed by atoms with Gasteiger partial charge in [0.25, 0.3) is 0 Å². The fourth-order valence-corrected chi connectivity index (χ4v) is 0.921. The Bertz CT molecular complexity index is 422. The summed E-state index contributed by atoms with van der Waals surface area (Å²) in [5.74, 6) is -0.980. The van der Waals surface area contributed by atoms with Gasteiger partial charge in [0.2, 0.25) is 0 Å². The molecule has 0 spiro atoms. The average Bonchev–Trinajstić information content (AvgIpc) is 2.15. The highest BCUT2D eigenvalue weighted by Gasteiger charge is 2.07. The van der Waals surface area contributed by atoms with Crippen molar-refractivity contribution in [1.82, 2.24) is 0 Å². The number of nitrogens with one attached hydrogen (secondary N) is 1. The third-order valence-electron chi connectivity index (χ3n) is 1.53. The van der Waals surface area contributed by atoms with E-state index < -0.39 is 10.7 Å². The van der Waals surface area contributed by atoms with E-state index in [-0.39, 0.29) is 16.5 Å². The van der Waals surface area contributed by atoms with Gasteiger partial charge in [0.05, 0.1) is 5.10 Å². The number of amidine groups is 1. The molecule has 15 heavy (non-hydrogen) atoms. The average molecular weight is 232 g/mol. The molecule has 0 aliphatic carbocycles. The van der Waals surface area contributed by atoms with Crippen LogP contribution >= 0.6 is 11.6 Å². The van der Waals surface area contributed by atoms with Crippen molar-refractivity contribution in [3.05, 3.63) is 39.2 Å². The predicted molar refractivity (Wildman–Crippen MR) is 55.1 cm³/mol. The number of rotatable bonds is 2. The molecular formula is C8H7ClFN3O2. The van der Waals surface area contributed by atoms with Crippen LogP contribution in [0.15, 0.2) is 23.3 Å². The maximum Gasteiger partial charge on any atom is 0.360 e. The summed E-state index contributed by atoms with van der Waals surface area (Å²) in [5, 5.41) is 13.8. The number of hydrogen-bond acceptors (Lipinski definition) is 4. The number of hydrogen-bond donors (Lipinski definition) is 1. The Balaban J connectivity index is 2.82. The number of benzene rings is 1. The molecule has 0 radical (unpaired) electrons. The van der Waals surface area contributed by atoms with E-state index in [0.717, 1.165) is 6.07 Å². The van der Waals surface area contributed by atoms with Crippen molar-refractivity contribution < 1.29 is 9.31 Å². The summed E-state index contributed by atoms with van der Waals surface area (Å²) in [6.07, 6.45) is 0. The Kier molecular flexibility index (Phi) is 3.56. The Hall–Kier alpha value is -1.69. The van der Waals surface area contributed by atoms with Crippen LogP contribution in [0, 0.1) is 15.9 Å². The number of nitro groups is 1. The molecule has 0 saturated carbocycles. The van der Waals surface area contributed by atoms with Gasteiger partial charge in [-0.05, 0) is 23.1 Å². The molecule has 0 bridgehead atoms. The van der Waals surface area contributed by atoms with Crippen LogP contribution in [0.2, 0.25) is 5.02 Å². The van der Waals surface area contributed by atoms with Crippen molar-refractivity contribution >= 4 is 23.1 Å². The smallest absolute Gasteiger partial charge is 0.358 e. The van der Waals surface area contributed by atoms with E-state index >= 15 is 0 Å². The number of halogens is 2. The Morgan fingerprint density at radius 2 is 2.33 bits per heavy atom. The summed E-state index contributed by atoms with van der Waals surface area (Å²) < 4.78 is 13.1. The minimum absolute atomic E-state index is 0.0283. The first kappa shape index (κ1) is 11.4. The van der Waals surface area contributed by atoms with Crippen molar-refractivity contribution in [3.8, 4) is 0 Å². The van der Waals surface area contributed by atoms with Crippen LogP contribution in [0.1, 0.15) is 6.92 Å². The molecule has 5 nitrogen and oxygen atoms in total. The maximum atomic E-state index is 13.1. The van der Waals surface area contributed by atoms with Crippen LogP contribution in [0.3, 0.4) is 0 Å². The molecule has 0 aliphatic rings. The second-order valence-corrected chi connectivity index (χ2v) is 3.09. The van der Waals surface area contributed by atoms with Gasteiger partial charge >= 0.3 is 5.84 Å². The van der Waals surface area contributed by atoms with Gasteiger partial charge in [0, 0.05) is 11.9 Å². The van der Waals surface area contributed by atoms with Gasteiger partial charge in [-0.15, -0.1) is 0 Å². The lowest BCUT2D eigenvalue weighted by Gasteiger charge is -1.98. The van der Waals surface area contributed by atoms with Crippen molar-refractivity contribution in [3.63, 3.8) is 0 Å². The van der Waals surface area contributed by atoms with Crippen LogP contribution in [-0.4, -0.2) is 10.8 Å². The minimum atomic E-state index is -0.680. The van der Waals surface area contributed by atoms with Crippen molar-refractivity contribution in [2.24, 2.45) is 5.10 Å². The lowest BCUT2D eigenvalue weighted by Crippen LogP contribution is -2.09. The molecule has 0 aromatic heterocycles. The van der Waals surface area contributed by atoms with E-state index in [1.54, 1.807) is 0 Å². The van der Waals surface area contributed by atoms with Crippen molar-refractivity contribution in [1.29, 1.82) is 0 Å². The topological polar surface area (TPSA) is 67.5 Å². The minimum Gasteiger partial charge on any atom is -0.358 e. The Morgan fingerprint density at radius 3 is 2.87 bits per heavy atom. The molecule has 80 valence electrons. The van der Waals surface area contributed by atoms with Crippen LogP contribution < -0.4 is 5.43 Å². The highest BCUT2D eigenvalue weighted by molar-refractivity contribution is 6.30. The number of nitrogens with zero attached hydrogens (tertiary/aromatic N) is 2. The molecule has 0 fully saturated rings. The first-order valence-electron chi connectivity index (χ1n) is 3.90. The van der Waals surface area contributed by atoms with Gasteiger partial charge in [-0.25, -0.2) is 4.39 Å². The lowest BCUT2D eigenvalue weighted by molar-refractivity contribution is -0.351. The van der Waals surface area contributed by atoms with Gasteiger partial charge in [0.15, 0.2) is 5.82 Å². The standard InChI is InChI=1S/C8H7ClFN3O2/c1-5(13(14)15)11-12-8-3-2-6(9)4-7(8)10/h2-4,12H,1H3/b11-5-. The zero-order valence-electron chi connectivity index (χ0n) is 7.70. The third-order valence-corrected chi connectivity index (χ3v) is 1.77. The van der Waals surface area contributed by atoms with Crippen molar-refractivity contribution in [2.45, 2.75) is 6.92 Å². The molecular weight excluding hydrogens is 225 g/mol. The van der Waals surface area contributed by atoms with E-state index in [4.69, 9.17) is 11.6 Å². The van der Waals surface area contributed by atoms with E-state index in [9.17, 15) is 14.5 Å². The normalized spacial score (nSPS) is 11.3. The first-order valence-corrected chi connectivity index (χ1v) is 4.28. The fourth-order valence-electron chi connectivity index (χ4n) is 0.762. The van der Waals surface area contributed by atoms with E-state index in [2.05, 4.69) is 10.5 Å². The van der Waals surface area contributed by atoms with E-state index in [0.29, 0.717) is 0 Å². The summed E-state index contributed by atoms with van der Waals surface area (Å²) in [4.78, 5) is 9.50. The zero-order chi connectivity index (χ0) is 11.4. The van der Waals surface area contributed by atoms with Gasteiger partial charge in [0.1, 0.15) is 5.69 Å². The third kappa shape index (κ3) is 3.17. The molecule has 0 heterocycles. The highest BCUT2D eigenvalue weighted by atomic mass is 35.5. The predicted octanol–water partition coefficient (Wildman–Crippen LogP) is 2.50. The quantitative estimate of drug-likeness (QED) is 0.368. The van der Waals surface area contributed by atoms with Crippen LogP contribution in [0.5, 0.6) is 0 Å². The van der Waals surface area contributed by atoms with Crippen LogP contribution in [0.4, 0.5) is 10.1 Å². The van der Waals surface area contributed by atoms with Gasteiger partial charge in [-0.2, -0.15) is 5.43 Å². The highest BCUT2D eigenvalue weighted by Crippen LogP contribution is 2.18. The molecule has 1 aromatic carbocycles. The molecule has 0 amide bonds. The molecule has 1 rings (SSSR count). The Labute approximate surface area is 89.7 Å². The largest absolute Gasteiger partial charge is 0.360 e. The Morgan fingerprint density at radius 1 is 1.67 bits per heavy atom. The van der Waals surface area contributed by atoms with E-state index in [1.807, 2.05) is 0 Å². The molecule has 1 aromatic rings. The summed E-state index contributed by atoms with van der Waals surface area (Å²) in [7, 11) is 0. The summed E-state index contributed by atoms with van der Waals surface area (Å²) >= 11 is 5.52. The molecule has 0 aliphatic heterocycles. The second kappa shape index (κ2) is 4.70. The maximum absolute atomic E-state index is 13.1. The zero-order valence-corrected chi connectivity index (χ0v) is 8.45. The summed E-state index contributed by atoms with van der Waals surface area (Å²) in [6, 6.07) is 3.87. The second-order valence-electron chi connectivity index (χ2n) is 2.65. The van der Waals surface area contributed by atoms with Crippen LogP contribution in [-0.2, 0) is 0 Å². The first-order chi connectivity index (χ1) is 7.00. The van der Waals surface area contributed by atoms with Gasteiger partial charge < -0.3 is 10.1 Å². The van der Waals surface area contributed by atoms with Crippen molar-refractivity contribution in [2.75, 3.05) is 5.43 Å². The molecule has 7 heteroatoms. The SMILES string of the molecule is C/C(=N/Nc1ccc(Cl)cc1F)[N+](=O)[O-]. The molecule has 0 saturated heterocycles. The van der Waals surface area contributed by atoms with Crippen LogP contribution in [0.25, 0.3) is 0 Å². The summed E-state index contributed by atoms with van der Waals surface area (Å²) in [6.45, 7) is 1.20. The lowest BCUT2D eigenvalue weighted by atomic mass is 10.3. The van der Waals surface area contributed by atoms with Gasteiger partial charge in [-0.1, -0.05) is 11.6 Å². The fraction of sp³-hybridized carbons (Fsp3) is 0.125. The summed E-state index contributed by atoms with van der Waals surface area (Å²) in [5.41, 5.74) is 2.26. The number of anilines is 1. The molecule has 1 N–H and O–H groups in total. The van der Waals surface area contributed by atoms with Gasteiger partial charge in [-0.3, -0.25) is 0 Å². The molecule has 0 unspecified atom stereocenters.